The van der Waals surface area contributed by atoms with Crippen LogP contribution in [0.2, 0.25) is 0 Å². The molecule has 7 heteroatoms. The first kappa shape index (κ1) is 18.5. The maximum absolute atomic E-state index is 4.37. The molecule has 0 unspecified atom stereocenters. The van der Waals surface area contributed by atoms with Gasteiger partial charge in [0.25, 0.3) is 0 Å². The summed E-state index contributed by atoms with van der Waals surface area (Å²) in [5.74, 6) is 0. The van der Waals surface area contributed by atoms with Crippen molar-refractivity contribution in [2.75, 3.05) is 63.8 Å². The Labute approximate surface area is 165 Å². The summed E-state index contributed by atoms with van der Waals surface area (Å²) in [7, 11) is 0. The molecule has 0 saturated carbocycles. The minimum Gasteiger partial charge on any atom is -0.366 e. The van der Waals surface area contributed by atoms with Crippen LogP contribution in [0.3, 0.4) is 0 Å². The summed E-state index contributed by atoms with van der Waals surface area (Å²) in [5.41, 5.74) is 3.36. The van der Waals surface area contributed by atoms with E-state index in [1.807, 2.05) is 5.38 Å². The standard InChI is InChI=1S/C20H29N6S/c1-3-25(10-14-26-11-7-24(8-12-26)9-13-26)18-4-5-19(17(2)16-18)22-23-20-21-6-15-27-20/h4-6,15-16H,3,7-14H2,1-2H3/q+1/b23-22+. The van der Waals surface area contributed by atoms with Gasteiger partial charge in [-0.05, 0) is 37.6 Å². The molecular formula is C20H29N6S+. The van der Waals surface area contributed by atoms with E-state index in [2.05, 4.69) is 57.1 Å². The number of piperazine rings is 3. The minimum absolute atomic E-state index is 0.698. The molecule has 1 aromatic carbocycles. The minimum atomic E-state index is 0.698. The van der Waals surface area contributed by atoms with Gasteiger partial charge in [-0.15, -0.1) is 21.6 Å². The van der Waals surface area contributed by atoms with E-state index in [0.29, 0.717) is 5.13 Å². The van der Waals surface area contributed by atoms with Crippen molar-refractivity contribution < 1.29 is 4.48 Å². The van der Waals surface area contributed by atoms with Crippen molar-refractivity contribution in [2.24, 2.45) is 10.2 Å². The second kappa shape index (κ2) is 8.04. The van der Waals surface area contributed by atoms with Crippen LogP contribution in [0, 0.1) is 6.92 Å². The number of aromatic nitrogens is 1. The van der Waals surface area contributed by atoms with Crippen LogP contribution in [0.4, 0.5) is 16.5 Å². The van der Waals surface area contributed by atoms with Crippen molar-refractivity contribution in [1.29, 1.82) is 0 Å². The Hall–Kier alpha value is -1.83. The summed E-state index contributed by atoms with van der Waals surface area (Å²) in [5, 5.41) is 11.2. The van der Waals surface area contributed by atoms with Gasteiger partial charge >= 0.3 is 0 Å². The molecule has 2 bridgehead atoms. The zero-order valence-corrected chi connectivity index (χ0v) is 17.2. The van der Waals surface area contributed by atoms with E-state index in [9.17, 15) is 0 Å². The zero-order valence-electron chi connectivity index (χ0n) is 16.3. The van der Waals surface area contributed by atoms with Gasteiger partial charge < -0.3 is 9.38 Å². The summed E-state index contributed by atoms with van der Waals surface area (Å²) in [6.45, 7) is 15.6. The average molecular weight is 386 g/mol. The van der Waals surface area contributed by atoms with Crippen LogP contribution in [0.25, 0.3) is 0 Å². The third-order valence-electron chi connectivity index (χ3n) is 6.11. The summed E-state index contributed by atoms with van der Waals surface area (Å²) in [6.07, 6.45) is 1.75. The van der Waals surface area contributed by atoms with Crippen molar-refractivity contribution in [3.8, 4) is 0 Å². The van der Waals surface area contributed by atoms with Gasteiger partial charge in [0.15, 0.2) is 0 Å². The molecule has 0 N–H and O–H groups in total. The summed E-state index contributed by atoms with van der Waals surface area (Å²) >= 11 is 1.50. The molecule has 5 rings (SSSR count). The van der Waals surface area contributed by atoms with Crippen LogP contribution in [0.5, 0.6) is 0 Å². The average Bonchev–Trinajstić information content (AvgIpc) is 3.23. The van der Waals surface area contributed by atoms with Gasteiger partial charge in [-0.2, -0.15) is 0 Å². The highest BCUT2D eigenvalue weighted by atomic mass is 32.1. The first-order chi connectivity index (χ1) is 13.2. The quantitative estimate of drug-likeness (QED) is 0.537. The van der Waals surface area contributed by atoms with E-state index >= 15 is 0 Å². The van der Waals surface area contributed by atoms with Gasteiger partial charge in [0.1, 0.15) is 0 Å². The molecule has 6 nitrogen and oxygen atoms in total. The Morgan fingerprint density at radius 1 is 1.19 bits per heavy atom. The molecule has 3 fully saturated rings. The Bertz CT molecular complexity index is 766. The van der Waals surface area contributed by atoms with Crippen molar-refractivity contribution in [3.05, 3.63) is 35.3 Å². The Balaban J connectivity index is 1.42. The number of likely N-dealkylation sites (N-methyl/N-ethyl adjacent to an activating group) is 1. The fraction of sp³-hybridized carbons (Fsp3) is 0.550. The van der Waals surface area contributed by atoms with Gasteiger partial charge in [0.05, 0.1) is 38.4 Å². The molecule has 3 aliphatic rings. The van der Waals surface area contributed by atoms with E-state index in [4.69, 9.17) is 0 Å². The first-order valence-corrected chi connectivity index (χ1v) is 10.8. The molecule has 27 heavy (non-hydrogen) atoms. The molecule has 3 aliphatic heterocycles. The number of hydrogen-bond donors (Lipinski definition) is 0. The molecule has 144 valence electrons. The fourth-order valence-electron chi connectivity index (χ4n) is 4.18. The van der Waals surface area contributed by atoms with Gasteiger partial charge in [-0.1, -0.05) is 0 Å². The smallest absolute Gasteiger partial charge is 0.229 e. The van der Waals surface area contributed by atoms with E-state index in [-0.39, 0.29) is 0 Å². The molecule has 4 heterocycles. The number of nitrogens with zero attached hydrogens (tertiary/aromatic N) is 6. The lowest BCUT2D eigenvalue weighted by Gasteiger charge is -2.51. The van der Waals surface area contributed by atoms with Crippen molar-refractivity contribution in [3.63, 3.8) is 0 Å². The number of aryl methyl sites for hydroxylation is 1. The number of thiazole rings is 1. The highest BCUT2D eigenvalue weighted by Crippen LogP contribution is 2.28. The molecule has 0 atom stereocenters. The lowest BCUT2D eigenvalue weighted by molar-refractivity contribution is -0.939. The third-order valence-corrected chi connectivity index (χ3v) is 6.76. The molecule has 3 saturated heterocycles. The van der Waals surface area contributed by atoms with Gasteiger partial charge in [0, 0.05) is 43.4 Å². The topological polar surface area (TPSA) is 44.1 Å². The molecule has 2 aromatic rings. The van der Waals surface area contributed by atoms with Crippen molar-refractivity contribution in [1.82, 2.24) is 9.88 Å². The summed E-state index contributed by atoms with van der Waals surface area (Å²) in [4.78, 5) is 9.27. The van der Waals surface area contributed by atoms with Gasteiger partial charge in [-0.3, -0.25) is 4.90 Å². The lowest BCUT2D eigenvalue weighted by atomic mass is 10.1. The highest BCUT2D eigenvalue weighted by molar-refractivity contribution is 7.13. The van der Waals surface area contributed by atoms with Crippen LogP contribution in [-0.2, 0) is 0 Å². The lowest BCUT2D eigenvalue weighted by Crippen LogP contribution is -2.68. The van der Waals surface area contributed by atoms with Crippen LogP contribution >= 0.6 is 11.3 Å². The normalized spacial score (nSPS) is 24.6. The Kier molecular flexibility index (Phi) is 5.52. The number of benzene rings is 1. The van der Waals surface area contributed by atoms with Crippen LogP contribution in [-0.4, -0.2) is 73.3 Å². The van der Waals surface area contributed by atoms with E-state index in [1.165, 1.54) is 67.3 Å². The molecule has 1 aromatic heterocycles. The van der Waals surface area contributed by atoms with Crippen molar-refractivity contribution >= 4 is 27.8 Å². The summed E-state index contributed by atoms with van der Waals surface area (Å²) in [6, 6.07) is 6.51. The van der Waals surface area contributed by atoms with Crippen LogP contribution in [0.1, 0.15) is 12.5 Å². The zero-order chi connectivity index (χ0) is 18.7. The van der Waals surface area contributed by atoms with E-state index in [1.54, 1.807) is 6.20 Å². The molecule has 0 radical (unpaired) electrons. The Morgan fingerprint density at radius 2 is 1.96 bits per heavy atom. The largest absolute Gasteiger partial charge is 0.366 e. The predicted molar refractivity (Wildman–Crippen MR) is 112 cm³/mol. The molecular weight excluding hydrogens is 356 g/mol. The number of fused-ring (bicyclic) bond motifs is 3. The number of hydrogen-bond acceptors (Lipinski definition) is 6. The number of azo groups is 1. The predicted octanol–water partition coefficient (Wildman–Crippen LogP) is 3.84. The maximum atomic E-state index is 4.37. The molecule has 0 spiro atoms. The fourth-order valence-corrected chi connectivity index (χ4v) is 4.63. The van der Waals surface area contributed by atoms with E-state index < -0.39 is 0 Å². The second-order valence-electron chi connectivity index (χ2n) is 7.64. The Morgan fingerprint density at radius 3 is 2.59 bits per heavy atom. The maximum Gasteiger partial charge on any atom is 0.229 e. The van der Waals surface area contributed by atoms with Crippen LogP contribution < -0.4 is 4.90 Å². The first-order valence-electron chi connectivity index (χ1n) is 9.92. The number of anilines is 1. The monoisotopic (exact) mass is 385 g/mol. The van der Waals surface area contributed by atoms with Crippen LogP contribution in [0.15, 0.2) is 40.0 Å². The van der Waals surface area contributed by atoms with E-state index in [0.717, 1.165) is 24.3 Å². The molecule has 0 amide bonds. The number of quaternary nitrogens is 1. The SMILES string of the molecule is CCN(CC[N+]12CCN(CC1)CC2)c1ccc(/N=N/c2nccs2)c(C)c1. The van der Waals surface area contributed by atoms with Gasteiger partial charge in [-0.25, -0.2) is 4.98 Å². The summed E-state index contributed by atoms with van der Waals surface area (Å²) < 4.78 is 1.31. The van der Waals surface area contributed by atoms with Crippen molar-refractivity contribution in [2.45, 2.75) is 13.8 Å². The second-order valence-corrected chi connectivity index (χ2v) is 8.52. The highest BCUT2D eigenvalue weighted by Gasteiger charge is 2.38. The number of rotatable bonds is 7. The molecule has 0 aliphatic carbocycles. The van der Waals surface area contributed by atoms with Gasteiger partial charge in [0.2, 0.25) is 5.13 Å². The third kappa shape index (κ3) is 4.20.